The maximum absolute atomic E-state index is 13.1. The van der Waals surface area contributed by atoms with Crippen LogP contribution in [0.3, 0.4) is 0 Å². The molecule has 1 aliphatic heterocycles. The molecule has 1 heterocycles. The maximum Gasteiger partial charge on any atom is 0.228 e. The summed E-state index contributed by atoms with van der Waals surface area (Å²) in [5.74, 6) is 0.387. The van der Waals surface area contributed by atoms with Crippen molar-refractivity contribution in [1.82, 2.24) is 9.80 Å². The first-order valence-electron chi connectivity index (χ1n) is 10.6. The third kappa shape index (κ3) is 4.87. The highest BCUT2D eigenvalue weighted by Gasteiger charge is 2.42. The Hall–Kier alpha value is -2.62. The number of rotatable bonds is 6. The van der Waals surface area contributed by atoms with E-state index in [0.717, 1.165) is 25.7 Å². The Bertz CT molecular complexity index is 820. The molecule has 0 atom stereocenters. The van der Waals surface area contributed by atoms with Crippen LogP contribution < -0.4 is 0 Å². The van der Waals surface area contributed by atoms with Crippen LogP contribution in [0, 0.1) is 5.41 Å². The number of benzene rings is 2. The zero-order chi connectivity index (χ0) is 20.9. The van der Waals surface area contributed by atoms with Gasteiger partial charge in [0.1, 0.15) is 0 Å². The Morgan fingerprint density at radius 3 is 2.07 bits per heavy atom. The third-order valence-electron chi connectivity index (χ3n) is 6.00. The summed E-state index contributed by atoms with van der Waals surface area (Å²) in [5, 5.41) is 0. The van der Waals surface area contributed by atoms with E-state index in [2.05, 4.69) is 36.4 Å². The fourth-order valence-corrected chi connectivity index (χ4v) is 4.33. The van der Waals surface area contributed by atoms with Gasteiger partial charge in [-0.2, -0.15) is 0 Å². The molecule has 2 amide bonds. The molecule has 2 aromatic rings. The Labute approximate surface area is 174 Å². The monoisotopic (exact) mass is 392 g/mol. The van der Waals surface area contributed by atoms with E-state index in [4.69, 9.17) is 0 Å². The molecule has 1 fully saturated rings. The van der Waals surface area contributed by atoms with Crippen LogP contribution in [0.5, 0.6) is 0 Å². The van der Waals surface area contributed by atoms with Gasteiger partial charge < -0.3 is 9.80 Å². The molecule has 0 saturated carbocycles. The van der Waals surface area contributed by atoms with Crippen molar-refractivity contribution in [3.8, 4) is 11.1 Å². The smallest absolute Gasteiger partial charge is 0.228 e. The molecule has 4 nitrogen and oxygen atoms in total. The number of carbonyl (C=O) groups is 2. The fourth-order valence-electron chi connectivity index (χ4n) is 4.33. The molecular formula is C25H32N2O2. The first kappa shape index (κ1) is 21.1. The lowest BCUT2D eigenvalue weighted by Crippen LogP contribution is -2.50. The zero-order valence-electron chi connectivity index (χ0n) is 17.9. The first-order valence-corrected chi connectivity index (χ1v) is 10.6. The second-order valence-corrected chi connectivity index (χ2v) is 8.35. The normalized spacial score (nSPS) is 15.8. The second kappa shape index (κ2) is 9.25. The van der Waals surface area contributed by atoms with Crippen molar-refractivity contribution in [3.63, 3.8) is 0 Å². The summed E-state index contributed by atoms with van der Waals surface area (Å²) in [6.07, 6.45) is 3.62. The van der Waals surface area contributed by atoms with Crippen molar-refractivity contribution in [2.45, 2.75) is 39.0 Å². The zero-order valence-corrected chi connectivity index (χ0v) is 17.9. The van der Waals surface area contributed by atoms with Gasteiger partial charge in [-0.15, -0.1) is 0 Å². The van der Waals surface area contributed by atoms with Gasteiger partial charge >= 0.3 is 0 Å². The molecule has 0 N–H and O–H groups in total. The summed E-state index contributed by atoms with van der Waals surface area (Å²) in [6.45, 7) is 3.36. The van der Waals surface area contributed by atoms with Crippen LogP contribution in [0.2, 0.25) is 0 Å². The van der Waals surface area contributed by atoms with Crippen molar-refractivity contribution in [1.29, 1.82) is 0 Å². The van der Waals surface area contributed by atoms with E-state index in [1.807, 2.05) is 44.1 Å². The first-order chi connectivity index (χ1) is 13.9. The average Bonchev–Trinajstić information content (AvgIpc) is 2.75. The van der Waals surface area contributed by atoms with Crippen LogP contribution in [-0.4, -0.2) is 48.8 Å². The standard InChI is InChI=1S/C25H32N2O2/c1-4-8-23(28)27-17-15-25(16-18-27,24(29)26(2)3)19-20-11-13-22(14-12-20)21-9-6-5-7-10-21/h5-7,9-14H,4,8,15-19H2,1-3H3. The molecule has 0 aliphatic carbocycles. The van der Waals surface area contributed by atoms with Crippen LogP contribution in [0.4, 0.5) is 0 Å². The lowest BCUT2D eigenvalue weighted by molar-refractivity contribution is -0.146. The number of nitrogens with zero attached hydrogens (tertiary/aromatic N) is 2. The molecule has 0 unspecified atom stereocenters. The van der Waals surface area contributed by atoms with Crippen LogP contribution >= 0.6 is 0 Å². The second-order valence-electron chi connectivity index (χ2n) is 8.35. The highest BCUT2D eigenvalue weighted by Crippen LogP contribution is 2.37. The van der Waals surface area contributed by atoms with Gasteiger partial charge in [0.25, 0.3) is 0 Å². The minimum atomic E-state index is -0.430. The van der Waals surface area contributed by atoms with Crippen molar-refractivity contribution in [3.05, 3.63) is 60.2 Å². The van der Waals surface area contributed by atoms with E-state index in [-0.39, 0.29) is 11.8 Å². The lowest BCUT2D eigenvalue weighted by Gasteiger charge is -2.42. The highest BCUT2D eigenvalue weighted by atomic mass is 16.2. The van der Waals surface area contributed by atoms with E-state index >= 15 is 0 Å². The number of hydrogen-bond donors (Lipinski definition) is 0. The van der Waals surface area contributed by atoms with E-state index < -0.39 is 5.41 Å². The number of piperidine rings is 1. The number of carbonyl (C=O) groups excluding carboxylic acids is 2. The predicted octanol–water partition coefficient (Wildman–Crippen LogP) is 4.39. The summed E-state index contributed by atoms with van der Waals surface area (Å²) >= 11 is 0. The van der Waals surface area contributed by atoms with Crippen LogP contribution in [-0.2, 0) is 16.0 Å². The molecule has 154 valence electrons. The number of hydrogen-bond acceptors (Lipinski definition) is 2. The molecule has 0 radical (unpaired) electrons. The van der Waals surface area contributed by atoms with Crippen LogP contribution in [0.1, 0.15) is 38.2 Å². The molecule has 4 heteroatoms. The summed E-state index contributed by atoms with van der Waals surface area (Å²) in [6, 6.07) is 18.9. The van der Waals surface area contributed by atoms with Gasteiger partial charge in [-0.25, -0.2) is 0 Å². The number of amides is 2. The quantitative estimate of drug-likeness (QED) is 0.731. The van der Waals surface area contributed by atoms with Crippen molar-refractivity contribution in [2.24, 2.45) is 5.41 Å². The minimum Gasteiger partial charge on any atom is -0.348 e. The van der Waals surface area contributed by atoms with Crippen molar-refractivity contribution in [2.75, 3.05) is 27.2 Å². The van der Waals surface area contributed by atoms with Gasteiger partial charge in [0.05, 0.1) is 5.41 Å². The fraction of sp³-hybridized carbons (Fsp3) is 0.440. The van der Waals surface area contributed by atoms with Crippen LogP contribution in [0.15, 0.2) is 54.6 Å². The summed E-state index contributed by atoms with van der Waals surface area (Å²) in [4.78, 5) is 29.1. The van der Waals surface area contributed by atoms with E-state index in [1.165, 1.54) is 16.7 Å². The highest BCUT2D eigenvalue weighted by molar-refractivity contribution is 5.83. The summed E-state index contributed by atoms with van der Waals surface area (Å²) in [5.41, 5.74) is 3.12. The van der Waals surface area contributed by atoms with E-state index in [1.54, 1.807) is 4.90 Å². The van der Waals surface area contributed by atoms with Gasteiger partial charge in [-0.1, -0.05) is 61.5 Å². The SMILES string of the molecule is CCCC(=O)N1CCC(Cc2ccc(-c3ccccc3)cc2)(C(=O)N(C)C)CC1. The molecular weight excluding hydrogens is 360 g/mol. The van der Waals surface area contributed by atoms with Crippen molar-refractivity contribution >= 4 is 11.8 Å². The van der Waals surface area contributed by atoms with Gasteiger partial charge in [0.15, 0.2) is 0 Å². The molecule has 29 heavy (non-hydrogen) atoms. The summed E-state index contributed by atoms with van der Waals surface area (Å²) in [7, 11) is 3.66. The molecule has 1 saturated heterocycles. The molecule has 0 aromatic heterocycles. The van der Waals surface area contributed by atoms with E-state index in [0.29, 0.717) is 19.5 Å². The topological polar surface area (TPSA) is 40.6 Å². The van der Waals surface area contributed by atoms with E-state index in [9.17, 15) is 9.59 Å². The van der Waals surface area contributed by atoms with Gasteiger partial charge in [-0.05, 0) is 42.4 Å². The molecule has 2 aromatic carbocycles. The Kier molecular flexibility index (Phi) is 6.73. The Balaban J connectivity index is 1.77. The molecule has 3 rings (SSSR count). The van der Waals surface area contributed by atoms with Gasteiger partial charge in [0, 0.05) is 33.6 Å². The summed E-state index contributed by atoms with van der Waals surface area (Å²) < 4.78 is 0. The molecule has 0 bridgehead atoms. The Morgan fingerprint density at radius 1 is 0.931 bits per heavy atom. The maximum atomic E-state index is 13.1. The van der Waals surface area contributed by atoms with Gasteiger partial charge in [0.2, 0.25) is 11.8 Å². The number of likely N-dealkylation sites (tertiary alicyclic amines) is 1. The lowest BCUT2D eigenvalue weighted by atomic mass is 9.72. The Morgan fingerprint density at radius 2 is 1.52 bits per heavy atom. The minimum absolute atomic E-state index is 0.173. The molecule has 0 spiro atoms. The largest absolute Gasteiger partial charge is 0.348 e. The van der Waals surface area contributed by atoms with Crippen molar-refractivity contribution < 1.29 is 9.59 Å². The van der Waals surface area contributed by atoms with Gasteiger partial charge in [-0.3, -0.25) is 9.59 Å². The average molecular weight is 393 g/mol. The predicted molar refractivity (Wildman–Crippen MR) is 117 cm³/mol. The van der Waals surface area contributed by atoms with Crippen LogP contribution in [0.25, 0.3) is 11.1 Å². The third-order valence-corrected chi connectivity index (χ3v) is 6.00. The molecule has 1 aliphatic rings.